The number of methoxy groups -OCH3 is 1. The summed E-state index contributed by atoms with van der Waals surface area (Å²) in [5.74, 6) is 1.36. The van der Waals surface area contributed by atoms with Gasteiger partial charge in [0.1, 0.15) is 11.5 Å². The highest BCUT2D eigenvalue weighted by atomic mass is 35.5. The second kappa shape index (κ2) is 13.1. The van der Waals surface area contributed by atoms with Gasteiger partial charge in [-0.25, -0.2) is 0 Å². The minimum absolute atomic E-state index is 0.165. The summed E-state index contributed by atoms with van der Waals surface area (Å²) in [6, 6.07) is 27.9. The highest BCUT2D eigenvalue weighted by Gasteiger charge is 2.21. The van der Waals surface area contributed by atoms with E-state index in [0.717, 1.165) is 76.9 Å². The predicted octanol–water partition coefficient (Wildman–Crippen LogP) is 7.85. The van der Waals surface area contributed by atoms with Crippen molar-refractivity contribution in [1.29, 1.82) is 0 Å². The Morgan fingerprint density at radius 1 is 0.826 bits per heavy atom. The number of fused-ring (bicyclic) bond motifs is 2. The lowest BCUT2D eigenvalue weighted by Gasteiger charge is -2.28. The van der Waals surface area contributed by atoms with Gasteiger partial charge in [0.05, 0.1) is 54.6 Å². The van der Waals surface area contributed by atoms with Crippen LogP contribution in [0, 0.1) is 0 Å². The van der Waals surface area contributed by atoms with E-state index < -0.39 is 0 Å². The lowest BCUT2D eigenvalue weighted by Crippen LogP contribution is -2.36. The molecule has 2 N–H and O–H groups in total. The number of morpholine rings is 1. The van der Waals surface area contributed by atoms with E-state index in [0.29, 0.717) is 29.4 Å². The number of pyridine rings is 1. The van der Waals surface area contributed by atoms with Crippen LogP contribution in [0.3, 0.4) is 0 Å². The second-order valence-corrected chi connectivity index (χ2v) is 11.6. The zero-order valence-electron chi connectivity index (χ0n) is 25.4. The van der Waals surface area contributed by atoms with Crippen molar-refractivity contribution in [1.82, 2.24) is 4.98 Å². The Balaban J connectivity index is 1.05. The molecule has 232 valence electrons. The number of anilines is 4. The molecule has 0 atom stereocenters. The molecule has 46 heavy (non-hydrogen) atoms. The lowest BCUT2D eigenvalue weighted by atomic mass is 9.98. The number of carbonyl (C=O) groups is 1. The maximum absolute atomic E-state index is 13.3. The zero-order chi connectivity index (χ0) is 31.5. The molecule has 2 aliphatic heterocycles. The van der Waals surface area contributed by atoms with Gasteiger partial charge in [-0.2, -0.15) is 0 Å². The maximum atomic E-state index is 13.3. The molecular formula is C37H33ClN4O4. The predicted molar refractivity (Wildman–Crippen MR) is 183 cm³/mol. The smallest absolute Gasteiger partial charge is 0.257 e. The topological polar surface area (TPSA) is 85.0 Å². The van der Waals surface area contributed by atoms with Crippen molar-refractivity contribution in [3.63, 3.8) is 0 Å². The standard InChI is InChI=1S/C37H33ClN4O4/c1-44-36-22-26(3-9-30(36)29-12-14-39-23-32(29)38)25-4-10-31-34(21-25)40-33-11-2-24(20-35(33)41-37(31)43)13-17-46-28-7-5-27(6-8-28)42-15-18-45-19-16-42/h2-12,14,20-23,40H,13,15-19H2,1H3,(H,41,43). The van der Waals surface area contributed by atoms with E-state index in [1.54, 1.807) is 19.5 Å². The average Bonchev–Trinajstić information content (AvgIpc) is 3.23. The molecule has 0 spiro atoms. The van der Waals surface area contributed by atoms with E-state index in [1.807, 2.05) is 66.7 Å². The number of halogens is 1. The van der Waals surface area contributed by atoms with Crippen LogP contribution in [0.5, 0.6) is 11.5 Å². The Morgan fingerprint density at radius 2 is 1.61 bits per heavy atom. The van der Waals surface area contributed by atoms with Crippen LogP contribution < -0.4 is 25.0 Å². The average molecular weight is 633 g/mol. The van der Waals surface area contributed by atoms with Gasteiger partial charge < -0.3 is 29.7 Å². The molecule has 5 aromatic rings. The van der Waals surface area contributed by atoms with E-state index >= 15 is 0 Å². The third-order valence-electron chi connectivity index (χ3n) is 8.34. The Labute approximate surface area is 272 Å². The minimum Gasteiger partial charge on any atom is -0.496 e. The van der Waals surface area contributed by atoms with Gasteiger partial charge in [0.25, 0.3) is 5.91 Å². The van der Waals surface area contributed by atoms with Crippen LogP contribution in [-0.2, 0) is 11.2 Å². The molecule has 0 radical (unpaired) electrons. The van der Waals surface area contributed by atoms with Crippen LogP contribution in [-0.4, -0.2) is 50.9 Å². The van der Waals surface area contributed by atoms with Crippen molar-refractivity contribution in [2.75, 3.05) is 55.6 Å². The normalized spacial score (nSPS) is 14.0. The Hall–Kier alpha value is -5.05. The first-order valence-electron chi connectivity index (χ1n) is 15.2. The van der Waals surface area contributed by atoms with Crippen molar-refractivity contribution in [3.8, 4) is 33.8 Å². The number of hydrogen-bond donors (Lipinski definition) is 2. The van der Waals surface area contributed by atoms with Crippen molar-refractivity contribution >= 4 is 40.3 Å². The summed E-state index contributed by atoms with van der Waals surface area (Å²) in [7, 11) is 1.64. The van der Waals surface area contributed by atoms with Gasteiger partial charge in [0.2, 0.25) is 0 Å². The van der Waals surface area contributed by atoms with E-state index in [2.05, 4.69) is 38.7 Å². The van der Waals surface area contributed by atoms with Gasteiger partial charge in [-0.05, 0) is 83.4 Å². The van der Waals surface area contributed by atoms with Gasteiger partial charge in [-0.15, -0.1) is 0 Å². The largest absolute Gasteiger partial charge is 0.496 e. The molecule has 2 aliphatic rings. The number of hydrogen-bond acceptors (Lipinski definition) is 7. The first-order valence-corrected chi connectivity index (χ1v) is 15.6. The quantitative estimate of drug-likeness (QED) is 0.180. The number of aromatic nitrogens is 1. The third kappa shape index (κ3) is 6.22. The molecule has 4 aromatic carbocycles. The first-order chi connectivity index (χ1) is 22.6. The van der Waals surface area contributed by atoms with Crippen molar-refractivity contribution in [3.05, 3.63) is 113 Å². The Morgan fingerprint density at radius 3 is 2.39 bits per heavy atom. The molecule has 8 nitrogen and oxygen atoms in total. The van der Waals surface area contributed by atoms with E-state index in [-0.39, 0.29) is 5.91 Å². The van der Waals surface area contributed by atoms with Crippen LogP contribution in [0.2, 0.25) is 5.02 Å². The molecule has 0 bridgehead atoms. The number of carbonyl (C=O) groups excluding carboxylic acids is 1. The minimum atomic E-state index is -0.165. The molecule has 1 fully saturated rings. The second-order valence-electron chi connectivity index (χ2n) is 11.2. The van der Waals surface area contributed by atoms with Gasteiger partial charge >= 0.3 is 0 Å². The summed E-state index contributed by atoms with van der Waals surface area (Å²) >= 11 is 6.41. The van der Waals surface area contributed by atoms with E-state index in [9.17, 15) is 4.79 Å². The monoisotopic (exact) mass is 632 g/mol. The van der Waals surface area contributed by atoms with E-state index in [4.69, 9.17) is 25.8 Å². The zero-order valence-corrected chi connectivity index (χ0v) is 26.1. The van der Waals surface area contributed by atoms with Crippen LogP contribution >= 0.6 is 11.6 Å². The molecule has 9 heteroatoms. The molecule has 0 saturated carbocycles. The van der Waals surface area contributed by atoms with Gasteiger partial charge in [0.15, 0.2) is 0 Å². The SMILES string of the molecule is COc1cc(-c2ccc3c(c2)Nc2ccc(CCOc4ccc(N5CCOCC5)cc4)cc2NC3=O)ccc1-c1ccncc1Cl. The van der Waals surface area contributed by atoms with Gasteiger partial charge in [-0.3, -0.25) is 9.78 Å². The fourth-order valence-corrected chi connectivity index (χ4v) is 6.09. The molecule has 0 aliphatic carbocycles. The number of nitrogens with zero attached hydrogens (tertiary/aromatic N) is 2. The Kier molecular flexibility index (Phi) is 8.46. The number of nitrogens with one attached hydrogen (secondary N) is 2. The fourth-order valence-electron chi connectivity index (χ4n) is 5.87. The molecule has 1 aromatic heterocycles. The van der Waals surface area contributed by atoms with Crippen molar-refractivity contribution in [2.45, 2.75) is 6.42 Å². The molecule has 3 heterocycles. The number of amides is 1. The van der Waals surface area contributed by atoms with Crippen LogP contribution in [0.25, 0.3) is 22.3 Å². The number of ether oxygens (including phenoxy) is 3. The number of benzene rings is 4. The summed E-state index contributed by atoms with van der Waals surface area (Å²) in [5.41, 5.74) is 8.72. The first kappa shape index (κ1) is 29.6. The molecule has 0 unspecified atom stereocenters. The summed E-state index contributed by atoms with van der Waals surface area (Å²) < 4.78 is 17.2. The summed E-state index contributed by atoms with van der Waals surface area (Å²) in [6.45, 7) is 3.86. The van der Waals surface area contributed by atoms with Gasteiger partial charge in [0, 0.05) is 48.7 Å². The highest BCUT2D eigenvalue weighted by Crippen LogP contribution is 2.39. The third-order valence-corrected chi connectivity index (χ3v) is 8.64. The van der Waals surface area contributed by atoms with Crippen molar-refractivity contribution < 1.29 is 19.0 Å². The summed E-state index contributed by atoms with van der Waals surface area (Å²) in [5, 5.41) is 7.11. The van der Waals surface area contributed by atoms with Gasteiger partial charge in [-0.1, -0.05) is 29.8 Å². The summed E-state index contributed by atoms with van der Waals surface area (Å²) in [4.78, 5) is 19.7. The summed E-state index contributed by atoms with van der Waals surface area (Å²) in [6.07, 6.45) is 4.03. The highest BCUT2D eigenvalue weighted by molar-refractivity contribution is 6.33. The Bertz CT molecular complexity index is 1890. The molecule has 7 rings (SSSR count). The molecule has 1 saturated heterocycles. The van der Waals surface area contributed by atoms with Crippen LogP contribution in [0.1, 0.15) is 15.9 Å². The van der Waals surface area contributed by atoms with Crippen LogP contribution in [0.15, 0.2) is 97.3 Å². The molecule has 1 amide bonds. The van der Waals surface area contributed by atoms with Crippen LogP contribution in [0.4, 0.5) is 22.7 Å². The lowest BCUT2D eigenvalue weighted by molar-refractivity contribution is 0.102. The van der Waals surface area contributed by atoms with Crippen molar-refractivity contribution in [2.24, 2.45) is 0 Å². The fraction of sp³-hybridized carbons (Fsp3) is 0.189. The maximum Gasteiger partial charge on any atom is 0.257 e. The number of rotatable bonds is 8. The van der Waals surface area contributed by atoms with E-state index in [1.165, 1.54) is 5.69 Å². The molecular weight excluding hydrogens is 600 g/mol.